The molecule has 0 aliphatic heterocycles. The van der Waals surface area contributed by atoms with Crippen LogP contribution in [0.3, 0.4) is 0 Å². The monoisotopic (exact) mass is 279 g/mol. The van der Waals surface area contributed by atoms with Gasteiger partial charge >= 0.3 is 0 Å². The van der Waals surface area contributed by atoms with Gasteiger partial charge in [-0.25, -0.2) is 0 Å². The highest BCUT2D eigenvalue weighted by atomic mass is 16.5. The van der Waals surface area contributed by atoms with Gasteiger partial charge in [0.15, 0.2) is 0 Å². The van der Waals surface area contributed by atoms with Gasteiger partial charge < -0.3 is 10.5 Å². The summed E-state index contributed by atoms with van der Waals surface area (Å²) in [5, 5.41) is 7.42. The molecule has 0 spiro atoms. The van der Waals surface area contributed by atoms with E-state index >= 15 is 0 Å². The minimum Gasteiger partial charge on any atom is -0.494 e. The third-order valence-corrected chi connectivity index (χ3v) is 3.22. The predicted octanol–water partition coefficient (Wildman–Crippen LogP) is 3.72. The quantitative estimate of drug-likeness (QED) is 0.715. The molecule has 0 aliphatic rings. The van der Waals surface area contributed by atoms with Gasteiger partial charge in [0.25, 0.3) is 0 Å². The number of nitrogens with one attached hydrogen (secondary N) is 1. The number of nitrogens with zero attached hydrogens (tertiary/aromatic N) is 1. The van der Waals surface area contributed by atoms with Crippen molar-refractivity contribution >= 4 is 5.69 Å². The van der Waals surface area contributed by atoms with Crippen LogP contribution >= 0.6 is 0 Å². The molecule has 0 saturated carbocycles. The zero-order chi connectivity index (χ0) is 14.7. The molecule has 0 saturated heterocycles. The number of nitrogens with two attached hydrogens (primary N) is 1. The van der Waals surface area contributed by atoms with Crippen molar-refractivity contribution in [2.45, 2.75) is 6.92 Å². The van der Waals surface area contributed by atoms with E-state index < -0.39 is 0 Å². The Morgan fingerprint density at radius 3 is 2.67 bits per heavy atom. The molecule has 0 aliphatic carbocycles. The second-order valence-electron chi connectivity index (χ2n) is 4.75. The summed E-state index contributed by atoms with van der Waals surface area (Å²) in [4.78, 5) is 0. The van der Waals surface area contributed by atoms with Gasteiger partial charge in [0.05, 0.1) is 18.0 Å². The fourth-order valence-corrected chi connectivity index (χ4v) is 2.24. The molecule has 3 N–H and O–H groups in total. The Kier molecular flexibility index (Phi) is 3.60. The summed E-state index contributed by atoms with van der Waals surface area (Å²) in [6.45, 7) is 2.63. The number of rotatable bonds is 4. The maximum Gasteiger partial charge on any atom is 0.119 e. The maximum absolute atomic E-state index is 5.81. The van der Waals surface area contributed by atoms with Crippen molar-refractivity contribution in [3.63, 3.8) is 0 Å². The van der Waals surface area contributed by atoms with E-state index in [-0.39, 0.29) is 0 Å². The first-order chi connectivity index (χ1) is 10.3. The summed E-state index contributed by atoms with van der Waals surface area (Å²) in [5.41, 5.74) is 10.4. The lowest BCUT2D eigenvalue weighted by Gasteiger charge is -2.04. The Labute approximate surface area is 123 Å². The van der Waals surface area contributed by atoms with Gasteiger partial charge in [0.2, 0.25) is 0 Å². The van der Waals surface area contributed by atoms with Gasteiger partial charge in [-0.1, -0.05) is 24.3 Å². The van der Waals surface area contributed by atoms with Crippen LogP contribution in [0, 0.1) is 0 Å². The highest BCUT2D eigenvalue weighted by Crippen LogP contribution is 2.27. The van der Waals surface area contributed by atoms with E-state index in [1.165, 1.54) is 0 Å². The van der Waals surface area contributed by atoms with Gasteiger partial charge in [-0.15, -0.1) is 0 Å². The van der Waals surface area contributed by atoms with Crippen molar-refractivity contribution in [3.8, 4) is 28.3 Å². The standard InChI is InChI=1S/C17H17N3O/c1-2-21-15-8-4-6-13(10-15)17-11-16(19-20-17)12-5-3-7-14(18)9-12/h3-11H,2,18H2,1H3,(H,19,20). The van der Waals surface area contributed by atoms with E-state index in [0.717, 1.165) is 34.0 Å². The summed E-state index contributed by atoms with van der Waals surface area (Å²) in [7, 11) is 0. The van der Waals surface area contributed by atoms with Crippen LogP contribution in [-0.2, 0) is 0 Å². The van der Waals surface area contributed by atoms with Crippen LogP contribution in [0.5, 0.6) is 5.75 Å². The number of benzene rings is 2. The van der Waals surface area contributed by atoms with Crippen LogP contribution in [0.25, 0.3) is 22.5 Å². The summed E-state index contributed by atoms with van der Waals surface area (Å²) in [6.07, 6.45) is 0. The van der Waals surface area contributed by atoms with Gasteiger partial charge in [0, 0.05) is 16.8 Å². The molecule has 3 aromatic rings. The lowest BCUT2D eigenvalue weighted by Crippen LogP contribution is -1.91. The van der Waals surface area contributed by atoms with E-state index in [0.29, 0.717) is 6.61 Å². The van der Waals surface area contributed by atoms with Crippen LogP contribution in [0.2, 0.25) is 0 Å². The first-order valence-electron chi connectivity index (χ1n) is 6.91. The molecular weight excluding hydrogens is 262 g/mol. The fourth-order valence-electron chi connectivity index (χ4n) is 2.24. The second-order valence-corrected chi connectivity index (χ2v) is 4.75. The number of ether oxygens (including phenoxy) is 1. The summed E-state index contributed by atoms with van der Waals surface area (Å²) in [5.74, 6) is 0.857. The molecule has 0 radical (unpaired) electrons. The van der Waals surface area contributed by atoms with Gasteiger partial charge in [-0.05, 0) is 37.3 Å². The third kappa shape index (κ3) is 2.89. The molecule has 4 heteroatoms. The van der Waals surface area contributed by atoms with Crippen LogP contribution in [-0.4, -0.2) is 16.8 Å². The Morgan fingerprint density at radius 2 is 1.86 bits per heavy atom. The molecule has 0 fully saturated rings. The van der Waals surface area contributed by atoms with Crippen molar-refractivity contribution in [3.05, 3.63) is 54.6 Å². The maximum atomic E-state index is 5.81. The molecule has 1 heterocycles. The molecule has 21 heavy (non-hydrogen) atoms. The number of aromatic amines is 1. The molecule has 1 aromatic heterocycles. The topological polar surface area (TPSA) is 63.9 Å². The Morgan fingerprint density at radius 1 is 1.05 bits per heavy atom. The van der Waals surface area contributed by atoms with Crippen LogP contribution < -0.4 is 10.5 Å². The fraction of sp³-hybridized carbons (Fsp3) is 0.118. The highest BCUT2D eigenvalue weighted by molar-refractivity contribution is 5.70. The average molecular weight is 279 g/mol. The summed E-state index contributed by atoms with van der Waals surface area (Å²) >= 11 is 0. The first kappa shape index (κ1) is 13.2. The number of H-pyrrole nitrogens is 1. The molecule has 3 rings (SSSR count). The van der Waals surface area contributed by atoms with E-state index in [2.05, 4.69) is 10.2 Å². The predicted molar refractivity (Wildman–Crippen MR) is 85.0 cm³/mol. The van der Waals surface area contributed by atoms with Gasteiger partial charge in [-0.3, -0.25) is 5.10 Å². The van der Waals surface area contributed by atoms with E-state index in [9.17, 15) is 0 Å². The second kappa shape index (κ2) is 5.71. The van der Waals surface area contributed by atoms with E-state index in [1.54, 1.807) is 0 Å². The number of aromatic nitrogens is 2. The van der Waals surface area contributed by atoms with Crippen molar-refractivity contribution in [1.82, 2.24) is 10.2 Å². The van der Waals surface area contributed by atoms with Gasteiger partial charge in [-0.2, -0.15) is 5.10 Å². The lowest BCUT2D eigenvalue weighted by molar-refractivity contribution is 0.340. The molecule has 0 atom stereocenters. The molecule has 106 valence electrons. The zero-order valence-electron chi connectivity index (χ0n) is 11.8. The van der Waals surface area contributed by atoms with Crippen molar-refractivity contribution in [1.29, 1.82) is 0 Å². The normalized spacial score (nSPS) is 10.5. The van der Waals surface area contributed by atoms with Crippen LogP contribution in [0.4, 0.5) is 5.69 Å². The number of hydrogen-bond donors (Lipinski definition) is 2. The molecule has 2 aromatic carbocycles. The summed E-state index contributed by atoms with van der Waals surface area (Å²) < 4.78 is 5.52. The molecular formula is C17H17N3O. The minimum absolute atomic E-state index is 0.654. The average Bonchev–Trinajstić information content (AvgIpc) is 2.98. The van der Waals surface area contributed by atoms with Crippen molar-refractivity contribution < 1.29 is 4.74 Å². The Hall–Kier alpha value is -2.75. The van der Waals surface area contributed by atoms with Crippen LogP contribution in [0.15, 0.2) is 54.6 Å². The molecule has 4 nitrogen and oxygen atoms in total. The number of anilines is 1. The highest BCUT2D eigenvalue weighted by Gasteiger charge is 2.07. The first-order valence-corrected chi connectivity index (χ1v) is 6.91. The largest absolute Gasteiger partial charge is 0.494 e. The van der Waals surface area contributed by atoms with Crippen LogP contribution in [0.1, 0.15) is 6.92 Å². The Balaban J connectivity index is 1.93. The molecule has 0 unspecified atom stereocenters. The number of nitrogen functional groups attached to an aromatic ring is 1. The molecule has 0 bridgehead atoms. The van der Waals surface area contributed by atoms with E-state index in [4.69, 9.17) is 10.5 Å². The van der Waals surface area contributed by atoms with E-state index in [1.807, 2.05) is 61.5 Å². The zero-order valence-corrected chi connectivity index (χ0v) is 11.8. The molecule has 0 amide bonds. The summed E-state index contributed by atoms with van der Waals surface area (Å²) in [6, 6.07) is 17.7. The minimum atomic E-state index is 0.654. The van der Waals surface area contributed by atoms with Crippen molar-refractivity contribution in [2.24, 2.45) is 0 Å². The van der Waals surface area contributed by atoms with Gasteiger partial charge in [0.1, 0.15) is 5.75 Å². The lowest BCUT2D eigenvalue weighted by atomic mass is 10.1. The SMILES string of the molecule is CCOc1cccc(-c2cc(-c3cccc(N)c3)n[nH]2)c1. The third-order valence-electron chi connectivity index (χ3n) is 3.22. The Bertz CT molecular complexity index is 749. The van der Waals surface area contributed by atoms with Crippen molar-refractivity contribution in [2.75, 3.05) is 12.3 Å². The number of hydrogen-bond acceptors (Lipinski definition) is 3. The smallest absolute Gasteiger partial charge is 0.119 e.